The SMILES string of the molecule is CCn1cccc1C(=O)Nc1ccc(C(=O)O)cc1C. The highest BCUT2D eigenvalue weighted by molar-refractivity contribution is 6.03. The molecule has 0 fully saturated rings. The Bertz CT molecular complexity index is 659. The topological polar surface area (TPSA) is 71.3 Å². The Morgan fingerprint density at radius 2 is 2.05 bits per heavy atom. The number of nitrogens with one attached hydrogen (secondary N) is 1. The van der Waals surface area contributed by atoms with Gasteiger partial charge in [-0.1, -0.05) is 0 Å². The molecule has 0 bridgehead atoms. The number of hydrogen-bond acceptors (Lipinski definition) is 2. The summed E-state index contributed by atoms with van der Waals surface area (Å²) < 4.78 is 1.84. The van der Waals surface area contributed by atoms with Crippen LogP contribution in [0.5, 0.6) is 0 Å². The number of rotatable bonds is 4. The molecule has 0 radical (unpaired) electrons. The molecule has 0 spiro atoms. The highest BCUT2D eigenvalue weighted by atomic mass is 16.4. The number of benzene rings is 1. The lowest BCUT2D eigenvalue weighted by Crippen LogP contribution is -2.17. The quantitative estimate of drug-likeness (QED) is 0.899. The van der Waals surface area contributed by atoms with E-state index in [9.17, 15) is 9.59 Å². The van der Waals surface area contributed by atoms with Gasteiger partial charge in [-0.3, -0.25) is 4.79 Å². The van der Waals surface area contributed by atoms with Crippen LogP contribution in [0.2, 0.25) is 0 Å². The number of aryl methyl sites for hydroxylation is 2. The summed E-state index contributed by atoms with van der Waals surface area (Å²) in [5.74, 6) is -1.19. The van der Waals surface area contributed by atoms with E-state index in [1.165, 1.54) is 12.1 Å². The number of carbonyl (C=O) groups is 2. The molecule has 1 aromatic heterocycles. The third-order valence-corrected chi connectivity index (χ3v) is 3.12. The van der Waals surface area contributed by atoms with Gasteiger partial charge < -0.3 is 15.0 Å². The van der Waals surface area contributed by atoms with Gasteiger partial charge in [0.15, 0.2) is 0 Å². The molecule has 1 amide bonds. The minimum atomic E-state index is -0.981. The van der Waals surface area contributed by atoms with Gasteiger partial charge in [0, 0.05) is 18.4 Å². The Labute approximate surface area is 116 Å². The van der Waals surface area contributed by atoms with E-state index in [0.29, 0.717) is 23.5 Å². The van der Waals surface area contributed by atoms with E-state index >= 15 is 0 Å². The maximum absolute atomic E-state index is 12.2. The number of aromatic carboxylic acids is 1. The van der Waals surface area contributed by atoms with Gasteiger partial charge >= 0.3 is 5.97 Å². The van der Waals surface area contributed by atoms with Crippen LogP contribution in [0.3, 0.4) is 0 Å². The molecule has 104 valence electrons. The predicted molar refractivity (Wildman–Crippen MR) is 76.2 cm³/mol. The van der Waals surface area contributed by atoms with Gasteiger partial charge in [-0.15, -0.1) is 0 Å². The van der Waals surface area contributed by atoms with Crippen LogP contribution >= 0.6 is 0 Å². The molecule has 1 heterocycles. The molecule has 2 aromatic rings. The highest BCUT2D eigenvalue weighted by Gasteiger charge is 2.12. The Morgan fingerprint density at radius 3 is 2.65 bits per heavy atom. The summed E-state index contributed by atoms with van der Waals surface area (Å²) in [4.78, 5) is 23.0. The number of nitrogens with zero attached hydrogens (tertiary/aromatic N) is 1. The van der Waals surface area contributed by atoms with E-state index < -0.39 is 5.97 Å². The molecule has 5 nitrogen and oxygen atoms in total. The first-order chi connectivity index (χ1) is 9.52. The number of amides is 1. The van der Waals surface area contributed by atoms with Gasteiger partial charge in [-0.05, 0) is 49.7 Å². The summed E-state index contributed by atoms with van der Waals surface area (Å²) in [6, 6.07) is 8.19. The van der Waals surface area contributed by atoms with E-state index in [1.54, 1.807) is 19.1 Å². The lowest BCUT2D eigenvalue weighted by atomic mass is 10.1. The number of anilines is 1. The van der Waals surface area contributed by atoms with Crippen molar-refractivity contribution in [2.75, 3.05) is 5.32 Å². The van der Waals surface area contributed by atoms with Crippen molar-refractivity contribution < 1.29 is 14.7 Å². The van der Waals surface area contributed by atoms with Gasteiger partial charge in [-0.2, -0.15) is 0 Å². The lowest BCUT2D eigenvalue weighted by molar-refractivity contribution is 0.0696. The zero-order chi connectivity index (χ0) is 14.7. The minimum absolute atomic E-state index is 0.206. The molecular weight excluding hydrogens is 256 g/mol. The number of hydrogen-bond donors (Lipinski definition) is 2. The van der Waals surface area contributed by atoms with E-state index in [1.807, 2.05) is 23.8 Å². The van der Waals surface area contributed by atoms with Crippen molar-refractivity contribution in [2.45, 2.75) is 20.4 Å². The monoisotopic (exact) mass is 272 g/mol. The predicted octanol–water partition coefficient (Wildman–Crippen LogP) is 2.77. The minimum Gasteiger partial charge on any atom is -0.478 e. The number of carboxylic acid groups (broad SMARTS) is 1. The van der Waals surface area contributed by atoms with Crippen LogP contribution in [0.1, 0.15) is 33.3 Å². The van der Waals surface area contributed by atoms with Crippen molar-refractivity contribution in [3.63, 3.8) is 0 Å². The molecule has 0 aliphatic heterocycles. The van der Waals surface area contributed by atoms with Crippen molar-refractivity contribution in [3.8, 4) is 0 Å². The molecule has 0 saturated carbocycles. The van der Waals surface area contributed by atoms with Crippen molar-refractivity contribution in [1.29, 1.82) is 0 Å². The molecule has 0 atom stereocenters. The maximum atomic E-state index is 12.2. The Morgan fingerprint density at radius 1 is 1.30 bits per heavy atom. The van der Waals surface area contributed by atoms with Gasteiger partial charge in [0.25, 0.3) is 5.91 Å². The number of carbonyl (C=O) groups excluding carboxylic acids is 1. The van der Waals surface area contributed by atoms with Crippen LogP contribution in [0.25, 0.3) is 0 Å². The van der Waals surface area contributed by atoms with Crippen LogP contribution in [0.4, 0.5) is 5.69 Å². The molecular formula is C15H16N2O3. The van der Waals surface area contributed by atoms with Crippen molar-refractivity contribution in [1.82, 2.24) is 4.57 Å². The third-order valence-electron chi connectivity index (χ3n) is 3.12. The summed E-state index contributed by atoms with van der Waals surface area (Å²) in [5.41, 5.74) is 2.11. The Kier molecular flexibility index (Phi) is 3.89. The van der Waals surface area contributed by atoms with Gasteiger partial charge in [0.05, 0.1) is 5.56 Å². The first-order valence-corrected chi connectivity index (χ1v) is 6.33. The second-order valence-electron chi connectivity index (χ2n) is 4.47. The second-order valence-corrected chi connectivity index (χ2v) is 4.47. The lowest BCUT2D eigenvalue weighted by Gasteiger charge is -2.10. The molecule has 0 saturated heterocycles. The number of aromatic nitrogens is 1. The molecule has 5 heteroatoms. The van der Waals surface area contributed by atoms with Crippen LogP contribution in [0.15, 0.2) is 36.5 Å². The molecule has 0 unspecified atom stereocenters. The van der Waals surface area contributed by atoms with E-state index in [0.717, 1.165) is 0 Å². The second kappa shape index (κ2) is 5.61. The molecule has 1 aromatic carbocycles. The summed E-state index contributed by atoms with van der Waals surface area (Å²) in [6.45, 7) is 4.44. The van der Waals surface area contributed by atoms with Crippen LogP contribution in [-0.2, 0) is 6.54 Å². The molecule has 0 aliphatic rings. The summed E-state index contributed by atoms with van der Waals surface area (Å²) >= 11 is 0. The zero-order valence-electron chi connectivity index (χ0n) is 11.4. The fraction of sp³-hybridized carbons (Fsp3) is 0.200. The fourth-order valence-electron chi connectivity index (χ4n) is 2.02. The molecule has 2 rings (SSSR count). The van der Waals surface area contributed by atoms with Crippen molar-refractivity contribution in [3.05, 3.63) is 53.3 Å². The first-order valence-electron chi connectivity index (χ1n) is 6.33. The highest BCUT2D eigenvalue weighted by Crippen LogP contribution is 2.18. The standard InChI is InChI=1S/C15H16N2O3/c1-3-17-8-4-5-13(17)14(18)16-12-7-6-11(15(19)20)9-10(12)2/h4-9H,3H2,1-2H3,(H,16,18)(H,19,20). The van der Waals surface area contributed by atoms with Crippen LogP contribution in [0, 0.1) is 6.92 Å². The van der Waals surface area contributed by atoms with Gasteiger partial charge in [-0.25, -0.2) is 4.79 Å². The Balaban J connectivity index is 2.22. The maximum Gasteiger partial charge on any atom is 0.335 e. The van der Waals surface area contributed by atoms with Crippen LogP contribution in [-0.4, -0.2) is 21.6 Å². The molecule has 20 heavy (non-hydrogen) atoms. The summed E-state index contributed by atoms with van der Waals surface area (Å²) in [7, 11) is 0. The largest absolute Gasteiger partial charge is 0.478 e. The fourth-order valence-corrected chi connectivity index (χ4v) is 2.02. The summed E-state index contributed by atoms with van der Waals surface area (Å²) in [5, 5.41) is 11.7. The average molecular weight is 272 g/mol. The average Bonchev–Trinajstić information content (AvgIpc) is 2.89. The molecule has 2 N–H and O–H groups in total. The normalized spacial score (nSPS) is 10.3. The zero-order valence-corrected chi connectivity index (χ0v) is 11.4. The summed E-state index contributed by atoms with van der Waals surface area (Å²) in [6.07, 6.45) is 1.84. The Hall–Kier alpha value is -2.56. The molecule has 0 aliphatic carbocycles. The van der Waals surface area contributed by atoms with E-state index in [2.05, 4.69) is 5.32 Å². The van der Waals surface area contributed by atoms with Crippen molar-refractivity contribution >= 4 is 17.6 Å². The third kappa shape index (κ3) is 2.71. The number of carboxylic acids is 1. The van der Waals surface area contributed by atoms with Crippen molar-refractivity contribution in [2.24, 2.45) is 0 Å². The smallest absolute Gasteiger partial charge is 0.335 e. The van der Waals surface area contributed by atoms with Gasteiger partial charge in [0.2, 0.25) is 0 Å². The van der Waals surface area contributed by atoms with E-state index in [4.69, 9.17) is 5.11 Å². The van der Waals surface area contributed by atoms with Gasteiger partial charge in [0.1, 0.15) is 5.69 Å². The first kappa shape index (κ1) is 13.9. The van der Waals surface area contributed by atoms with E-state index in [-0.39, 0.29) is 11.5 Å². The van der Waals surface area contributed by atoms with Crippen LogP contribution < -0.4 is 5.32 Å².